The van der Waals surface area contributed by atoms with Crippen molar-refractivity contribution in [1.29, 1.82) is 0 Å². The van der Waals surface area contributed by atoms with E-state index in [4.69, 9.17) is 9.15 Å². The summed E-state index contributed by atoms with van der Waals surface area (Å²) in [5.74, 6) is 2.35. The summed E-state index contributed by atoms with van der Waals surface area (Å²) < 4.78 is 26.0. The van der Waals surface area contributed by atoms with Crippen LogP contribution in [0.3, 0.4) is 0 Å². The van der Waals surface area contributed by atoms with E-state index in [1.54, 1.807) is 6.07 Å². The normalized spacial score (nSPS) is 11.6. The van der Waals surface area contributed by atoms with Crippen LogP contribution in [0, 0.1) is 19.7 Å². The van der Waals surface area contributed by atoms with Gasteiger partial charge in [-0.25, -0.2) is 4.39 Å². The maximum Gasteiger partial charge on any atom is 0.165 e. The third-order valence-electron chi connectivity index (χ3n) is 4.41. The van der Waals surface area contributed by atoms with E-state index < -0.39 is 0 Å². The lowest BCUT2D eigenvalue weighted by Crippen LogP contribution is -2.07. The van der Waals surface area contributed by atoms with Crippen LogP contribution in [0.15, 0.2) is 52.9 Å². The summed E-state index contributed by atoms with van der Waals surface area (Å²) in [7, 11) is 0. The Labute approximate surface area is 171 Å². The lowest BCUT2D eigenvalue weighted by atomic mass is 10.1. The van der Waals surface area contributed by atoms with Gasteiger partial charge in [-0.05, 0) is 37.6 Å². The third-order valence-corrected chi connectivity index (χ3v) is 5.75. The zero-order chi connectivity index (χ0) is 20.3. The smallest absolute Gasteiger partial charge is 0.165 e. The molecule has 0 N–H and O–H groups in total. The molecule has 4 heteroatoms. The molecule has 0 bridgehead atoms. The van der Waals surface area contributed by atoms with Crippen LogP contribution in [0.1, 0.15) is 43.2 Å². The van der Waals surface area contributed by atoms with Crippen LogP contribution < -0.4 is 4.74 Å². The van der Waals surface area contributed by atoms with Gasteiger partial charge >= 0.3 is 0 Å². The molecule has 3 rings (SSSR count). The van der Waals surface area contributed by atoms with Crippen LogP contribution in [0.25, 0.3) is 11.3 Å². The summed E-state index contributed by atoms with van der Waals surface area (Å²) in [4.78, 5) is 0. The lowest BCUT2D eigenvalue weighted by molar-refractivity contribution is 0.287. The maximum absolute atomic E-state index is 14.2. The van der Waals surface area contributed by atoms with Crippen molar-refractivity contribution in [2.24, 2.45) is 0 Å². The van der Waals surface area contributed by atoms with Gasteiger partial charge in [0.1, 0.15) is 18.1 Å². The molecule has 1 heterocycles. The van der Waals surface area contributed by atoms with Gasteiger partial charge in [0.05, 0.1) is 0 Å². The van der Waals surface area contributed by atoms with Gasteiger partial charge in [-0.2, -0.15) is 11.8 Å². The standard InChI is InChI=1S/C24H27FO2S/c1-16-6-9-19(10-7-16)22-13-20(17(2)27-22)14-26-23-12-18(8-11-21(23)25)15-28-24(3,4)5/h6-13H,14-15H2,1-5H3. The van der Waals surface area contributed by atoms with Crippen molar-refractivity contribution in [2.75, 3.05) is 0 Å². The van der Waals surface area contributed by atoms with E-state index in [1.165, 1.54) is 11.6 Å². The van der Waals surface area contributed by atoms with Gasteiger partial charge in [-0.15, -0.1) is 0 Å². The molecule has 3 aromatic rings. The molecule has 0 aliphatic heterocycles. The van der Waals surface area contributed by atoms with E-state index >= 15 is 0 Å². The van der Waals surface area contributed by atoms with Gasteiger partial charge in [0.2, 0.25) is 0 Å². The molecule has 0 aliphatic carbocycles. The van der Waals surface area contributed by atoms with E-state index in [1.807, 2.05) is 43.0 Å². The first-order valence-electron chi connectivity index (χ1n) is 9.43. The molecule has 2 aromatic carbocycles. The van der Waals surface area contributed by atoms with E-state index in [0.29, 0.717) is 0 Å². The Hall–Kier alpha value is -2.20. The minimum Gasteiger partial charge on any atom is -0.486 e. The molecule has 28 heavy (non-hydrogen) atoms. The van der Waals surface area contributed by atoms with Crippen molar-refractivity contribution in [1.82, 2.24) is 0 Å². The Morgan fingerprint density at radius 2 is 1.71 bits per heavy atom. The predicted octanol–water partition coefficient (Wildman–Crippen LogP) is 7.31. The number of ether oxygens (including phenoxy) is 1. The fourth-order valence-electron chi connectivity index (χ4n) is 2.73. The molecule has 0 saturated heterocycles. The fraction of sp³-hybridized carbons (Fsp3) is 0.333. The number of hydrogen-bond acceptors (Lipinski definition) is 3. The number of thioether (sulfide) groups is 1. The van der Waals surface area contributed by atoms with Crippen LogP contribution in [0.4, 0.5) is 4.39 Å². The fourth-order valence-corrected chi connectivity index (χ4v) is 3.51. The number of halogens is 1. The Bertz CT molecular complexity index is 936. The molecule has 0 amide bonds. The van der Waals surface area contributed by atoms with Crippen LogP contribution in [0.5, 0.6) is 5.75 Å². The number of aryl methyl sites for hydroxylation is 2. The summed E-state index contributed by atoms with van der Waals surface area (Å²) in [6.45, 7) is 10.7. The molecule has 2 nitrogen and oxygen atoms in total. The SMILES string of the molecule is Cc1ccc(-c2cc(COc3cc(CSC(C)(C)C)ccc3F)c(C)o2)cc1. The average molecular weight is 399 g/mol. The van der Waals surface area contributed by atoms with Gasteiger partial charge in [-0.1, -0.05) is 56.7 Å². The number of benzene rings is 2. The molecule has 0 unspecified atom stereocenters. The zero-order valence-electron chi connectivity index (χ0n) is 17.1. The molecule has 0 radical (unpaired) electrons. The first-order chi connectivity index (χ1) is 13.2. The van der Waals surface area contributed by atoms with Crippen molar-refractivity contribution in [3.05, 3.63) is 76.8 Å². The molecule has 0 atom stereocenters. The number of rotatable bonds is 6. The monoisotopic (exact) mass is 398 g/mol. The van der Waals surface area contributed by atoms with Gasteiger partial charge in [0.15, 0.2) is 11.6 Å². The predicted molar refractivity (Wildman–Crippen MR) is 115 cm³/mol. The highest BCUT2D eigenvalue weighted by Crippen LogP contribution is 2.30. The minimum atomic E-state index is -0.343. The first-order valence-corrected chi connectivity index (χ1v) is 10.4. The molecular weight excluding hydrogens is 371 g/mol. The highest BCUT2D eigenvalue weighted by atomic mass is 32.2. The molecule has 1 aromatic heterocycles. The molecule has 148 valence electrons. The Morgan fingerprint density at radius 3 is 2.39 bits per heavy atom. The van der Waals surface area contributed by atoms with Crippen molar-refractivity contribution in [3.8, 4) is 17.1 Å². The van der Waals surface area contributed by atoms with Gasteiger partial charge in [-0.3, -0.25) is 0 Å². The van der Waals surface area contributed by atoms with E-state index in [9.17, 15) is 4.39 Å². The first kappa shape index (κ1) is 20.5. The van der Waals surface area contributed by atoms with Crippen molar-refractivity contribution < 1.29 is 13.5 Å². The lowest BCUT2D eigenvalue weighted by Gasteiger charge is -2.17. The van der Waals surface area contributed by atoms with Crippen LogP contribution in [-0.2, 0) is 12.4 Å². The second-order valence-corrected chi connectivity index (χ2v) is 9.81. The molecule has 0 fully saturated rings. The van der Waals surface area contributed by atoms with Gasteiger partial charge < -0.3 is 9.15 Å². The van der Waals surface area contributed by atoms with Crippen LogP contribution in [-0.4, -0.2) is 4.75 Å². The van der Waals surface area contributed by atoms with Crippen molar-refractivity contribution >= 4 is 11.8 Å². The summed E-state index contributed by atoms with van der Waals surface area (Å²) in [5, 5.41) is 0. The Kier molecular flexibility index (Phi) is 6.19. The topological polar surface area (TPSA) is 22.4 Å². The summed E-state index contributed by atoms with van der Waals surface area (Å²) >= 11 is 1.83. The minimum absolute atomic E-state index is 0.162. The second-order valence-electron chi connectivity index (χ2n) is 8.01. The number of furan rings is 1. The van der Waals surface area contributed by atoms with E-state index in [-0.39, 0.29) is 22.9 Å². The second kappa shape index (κ2) is 8.44. The highest BCUT2D eigenvalue weighted by molar-refractivity contribution is 7.99. The van der Waals surface area contributed by atoms with Crippen LogP contribution >= 0.6 is 11.8 Å². The van der Waals surface area contributed by atoms with Crippen molar-refractivity contribution in [3.63, 3.8) is 0 Å². The summed E-state index contributed by atoms with van der Waals surface area (Å²) in [5.41, 5.74) is 4.20. The summed E-state index contributed by atoms with van der Waals surface area (Å²) in [6.07, 6.45) is 0. The average Bonchev–Trinajstić information content (AvgIpc) is 3.00. The van der Waals surface area contributed by atoms with Crippen LogP contribution in [0.2, 0.25) is 0 Å². The zero-order valence-corrected chi connectivity index (χ0v) is 18.0. The van der Waals surface area contributed by atoms with E-state index in [2.05, 4.69) is 39.8 Å². The molecule has 0 aliphatic rings. The number of hydrogen-bond donors (Lipinski definition) is 0. The Balaban J connectivity index is 1.71. The van der Waals surface area contributed by atoms with E-state index in [0.717, 1.165) is 34.0 Å². The molecule has 0 spiro atoms. The Morgan fingerprint density at radius 1 is 1.00 bits per heavy atom. The largest absolute Gasteiger partial charge is 0.486 e. The third kappa shape index (κ3) is 5.41. The van der Waals surface area contributed by atoms with Crippen molar-refractivity contribution in [2.45, 2.75) is 51.7 Å². The van der Waals surface area contributed by atoms with Gasteiger partial charge in [0.25, 0.3) is 0 Å². The van der Waals surface area contributed by atoms with Gasteiger partial charge in [0, 0.05) is 21.6 Å². The summed E-state index contributed by atoms with van der Waals surface area (Å²) in [6, 6.07) is 15.2. The molecule has 0 saturated carbocycles. The quantitative estimate of drug-likeness (QED) is 0.434. The highest BCUT2D eigenvalue weighted by Gasteiger charge is 2.14. The maximum atomic E-state index is 14.2. The molecular formula is C24H27FO2S.